The third-order valence-corrected chi connectivity index (χ3v) is 4.67. The maximum Gasteiger partial charge on any atom is 0.355 e. The van der Waals surface area contributed by atoms with Crippen molar-refractivity contribution in [3.05, 3.63) is 78.6 Å². The predicted octanol–water partition coefficient (Wildman–Crippen LogP) is 4.11. The molecule has 3 rings (SSSR count). The minimum atomic E-state index is -0.825. The van der Waals surface area contributed by atoms with Gasteiger partial charge in [0.15, 0.2) is 0 Å². The number of nitro groups is 2. The van der Waals surface area contributed by atoms with E-state index < -0.39 is 27.1 Å². The zero-order valence-corrected chi connectivity index (χ0v) is 18.0. The lowest BCUT2D eigenvalue weighted by atomic mass is 10.2. The maximum absolute atomic E-state index is 12.4. The number of nitro benzene ring substituents is 1. The van der Waals surface area contributed by atoms with Crippen LogP contribution in [0.2, 0.25) is 10.0 Å². The molecule has 0 fully saturated rings. The van der Waals surface area contributed by atoms with Gasteiger partial charge in [-0.1, -0.05) is 23.2 Å². The normalized spacial score (nSPS) is 10.3. The van der Waals surface area contributed by atoms with Crippen LogP contribution < -0.4 is 20.9 Å². The average Bonchev–Trinajstić information content (AvgIpc) is 2.77. The fraction of sp³-hybridized carbons (Fsp3) is 0.0556. The van der Waals surface area contributed by atoms with E-state index in [-0.39, 0.29) is 22.2 Å². The Morgan fingerprint density at radius 2 is 1.76 bits per heavy atom. The van der Waals surface area contributed by atoms with Crippen LogP contribution in [-0.2, 0) is 0 Å². The second-order valence-electron chi connectivity index (χ2n) is 6.15. The molecule has 0 aliphatic heterocycles. The highest BCUT2D eigenvalue weighted by atomic mass is 35.5. The minimum Gasteiger partial charge on any atom is -0.495 e. The summed E-state index contributed by atoms with van der Waals surface area (Å²) >= 11 is 11.7. The van der Waals surface area contributed by atoms with Gasteiger partial charge in [-0.15, -0.1) is 0 Å². The SMILES string of the molecule is COc1ccc(Cl)cc1Nc1ncnc(NNC(=O)c2ccc(Cl)c([N+](=O)[O-])c2)c1[N+](=O)[O-]. The highest BCUT2D eigenvalue weighted by Gasteiger charge is 2.25. The number of nitrogens with one attached hydrogen (secondary N) is 3. The van der Waals surface area contributed by atoms with Crippen molar-refractivity contribution in [1.29, 1.82) is 0 Å². The lowest BCUT2D eigenvalue weighted by molar-refractivity contribution is -0.384. The number of benzene rings is 2. The van der Waals surface area contributed by atoms with E-state index in [1.165, 1.54) is 25.3 Å². The molecule has 1 amide bonds. The van der Waals surface area contributed by atoms with Gasteiger partial charge in [0.2, 0.25) is 11.6 Å². The molecule has 13 nitrogen and oxygen atoms in total. The summed E-state index contributed by atoms with van der Waals surface area (Å²) in [5, 5.41) is 25.7. The number of halogens is 2. The Hall–Kier alpha value is -4.23. The number of amides is 1. The Kier molecular flexibility index (Phi) is 7.05. The Bertz CT molecular complexity index is 1260. The van der Waals surface area contributed by atoms with Gasteiger partial charge in [-0.25, -0.2) is 9.97 Å². The number of rotatable bonds is 8. The van der Waals surface area contributed by atoms with E-state index in [0.29, 0.717) is 16.5 Å². The number of carbonyl (C=O) groups excluding carboxylic acids is 1. The molecule has 170 valence electrons. The van der Waals surface area contributed by atoms with Crippen molar-refractivity contribution in [2.75, 3.05) is 17.9 Å². The summed E-state index contributed by atoms with van der Waals surface area (Å²) in [6, 6.07) is 8.01. The third kappa shape index (κ3) is 5.34. The number of aromatic nitrogens is 2. The summed E-state index contributed by atoms with van der Waals surface area (Å²) in [5.74, 6) is -1.04. The van der Waals surface area contributed by atoms with Crippen molar-refractivity contribution in [1.82, 2.24) is 15.4 Å². The van der Waals surface area contributed by atoms with Gasteiger partial charge in [0.05, 0.1) is 22.6 Å². The van der Waals surface area contributed by atoms with Crippen molar-refractivity contribution >= 4 is 57.8 Å². The number of carbonyl (C=O) groups is 1. The lowest BCUT2D eigenvalue weighted by Gasteiger charge is -2.13. The first-order chi connectivity index (χ1) is 15.7. The molecule has 2 aromatic carbocycles. The van der Waals surface area contributed by atoms with Gasteiger partial charge in [-0.2, -0.15) is 0 Å². The first kappa shape index (κ1) is 23.4. The Morgan fingerprint density at radius 3 is 2.42 bits per heavy atom. The first-order valence-corrected chi connectivity index (χ1v) is 9.57. The smallest absolute Gasteiger partial charge is 0.355 e. The van der Waals surface area contributed by atoms with Crippen LogP contribution >= 0.6 is 23.2 Å². The molecule has 1 heterocycles. The van der Waals surface area contributed by atoms with Crippen LogP contribution in [0.25, 0.3) is 0 Å². The van der Waals surface area contributed by atoms with Gasteiger partial charge in [0, 0.05) is 16.7 Å². The van der Waals surface area contributed by atoms with Gasteiger partial charge in [0.25, 0.3) is 11.6 Å². The van der Waals surface area contributed by atoms with Crippen molar-refractivity contribution in [3.63, 3.8) is 0 Å². The minimum absolute atomic E-state index is 0.114. The van der Waals surface area contributed by atoms with E-state index in [4.69, 9.17) is 27.9 Å². The van der Waals surface area contributed by atoms with Crippen molar-refractivity contribution in [2.45, 2.75) is 0 Å². The molecule has 0 spiro atoms. The number of hydrogen-bond acceptors (Lipinski definition) is 10. The molecule has 33 heavy (non-hydrogen) atoms. The summed E-state index contributed by atoms with van der Waals surface area (Å²) in [7, 11) is 1.41. The molecule has 3 aromatic rings. The molecule has 0 radical (unpaired) electrons. The van der Waals surface area contributed by atoms with E-state index in [9.17, 15) is 25.0 Å². The summed E-state index contributed by atoms with van der Waals surface area (Å²) < 4.78 is 5.20. The molecule has 3 N–H and O–H groups in total. The zero-order valence-electron chi connectivity index (χ0n) is 16.5. The molecule has 0 saturated heterocycles. The van der Waals surface area contributed by atoms with Crippen LogP contribution in [0.1, 0.15) is 10.4 Å². The average molecular weight is 494 g/mol. The summed E-state index contributed by atoms with van der Waals surface area (Å²) in [6.45, 7) is 0. The number of ether oxygens (including phenoxy) is 1. The number of hydrazine groups is 1. The van der Waals surface area contributed by atoms with Crippen LogP contribution in [0, 0.1) is 20.2 Å². The van der Waals surface area contributed by atoms with Gasteiger partial charge >= 0.3 is 5.69 Å². The molecule has 0 atom stereocenters. The van der Waals surface area contributed by atoms with Crippen molar-refractivity contribution in [2.24, 2.45) is 0 Å². The number of anilines is 3. The number of hydrogen-bond donors (Lipinski definition) is 3. The van der Waals surface area contributed by atoms with Gasteiger partial charge < -0.3 is 10.1 Å². The predicted molar refractivity (Wildman–Crippen MR) is 119 cm³/mol. The van der Waals surface area contributed by atoms with Crippen LogP contribution in [0.15, 0.2) is 42.7 Å². The fourth-order valence-electron chi connectivity index (χ4n) is 2.62. The molecule has 0 aliphatic carbocycles. The number of nitrogens with zero attached hydrogens (tertiary/aromatic N) is 4. The lowest BCUT2D eigenvalue weighted by Crippen LogP contribution is -2.30. The van der Waals surface area contributed by atoms with Gasteiger partial charge in [-0.05, 0) is 30.3 Å². The van der Waals surface area contributed by atoms with E-state index in [2.05, 4.69) is 26.1 Å². The molecular weight excluding hydrogens is 481 g/mol. The molecule has 0 bridgehead atoms. The second kappa shape index (κ2) is 9.93. The summed E-state index contributed by atoms with van der Waals surface area (Å²) in [4.78, 5) is 41.3. The Labute approximate surface area is 195 Å². The molecule has 0 saturated carbocycles. The Balaban J connectivity index is 1.87. The zero-order chi connectivity index (χ0) is 24.1. The molecule has 1 aromatic heterocycles. The highest BCUT2D eigenvalue weighted by molar-refractivity contribution is 6.32. The van der Waals surface area contributed by atoms with Gasteiger partial charge in [0.1, 0.15) is 17.1 Å². The number of methoxy groups -OCH3 is 1. The van der Waals surface area contributed by atoms with Crippen molar-refractivity contribution < 1.29 is 19.4 Å². The van der Waals surface area contributed by atoms with Gasteiger partial charge in [-0.3, -0.25) is 35.9 Å². The molecular formula is C18H13Cl2N7O6. The van der Waals surface area contributed by atoms with E-state index >= 15 is 0 Å². The van der Waals surface area contributed by atoms with E-state index in [0.717, 1.165) is 12.4 Å². The van der Waals surface area contributed by atoms with Crippen LogP contribution in [0.4, 0.5) is 28.7 Å². The van der Waals surface area contributed by atoms with Crippen molar-refractivity contribution in [3.8, 4) is 5.75 Å². The largest absolute Gasteiger partial charge is 0.495 e. The van der Waals surface area contributed by atoms with Crippen LogP contribution in [-0.4, -0.2) is 32.8 Å². The van der Waals surface area contributed by atoms with E-state index in [1.807, 2.05) is 0 Å². The Morgan fingerprint density at radius 1 is 1.03 bits per heavy atom. The maximum atomic E-state index is 12.4. The van der Waals surface area contributed by atoms with E-state index in [1.54, 1.807) is 12.1 Å². The monoisotopic (exact) mass is 493 g/mol. The molecule has 0 unspecified atom stereocenters. The fourth-order valence-corrected chi connectivity index (χ4v) is 2.98. The first-order valence-electron chi connectivity index (χ1n) is 8.81. The third-order valence-electron chi connectivity index (χ3n) is 4.12. The summed E-state index contributed by atoms with van der Waals surface area (Å²) in [6.07, 6.45) is 1.02. The van der Waals surface area contributed by atoms with Crippen LogP contribution in [0.3, 0.4) is 0 Å². The molecule has 15 heteroatoms. The standard InChI is InChI=1S/C18H13Cl2N7O6/c1-33-14-5-3-10(19)7-12(14)23-16-15(27(31)32)17(22-8-21-16)24-25-18(28)9-2-4-11(20)13(6-9)26(29)30/h2-8H,1H3,(H,25,28)(H2,21,22,23,24). The highest BCUT2D eigenvalue weighted by Crippen LogP contribution is 2.35. The second-order valence-corrected chi connectivity index (χ2v) is 6.99. The summed E-state index contributed by atoms with van der Waals surface area (Å²) in [5.41, 5.74) is 3.65. The molecule has 0 aliphatic rings. The topological polar surface area (TPSA) is 174 Å². The quantitative estimate of drug-likeness (QED) is 0.305. The van der Waals surface area contributed by atoms with Crippen LogP contribution in [0.5, 0.6) is 5.75 Å².